The van der Waals surface area contributed by atoms with Crippen molar-refractivity contribution in [1.29, 1.82) is 0 Å². The van der Waals surface area contributed by atoms with Gasteiger partial charge in [-0.3, -0.25) is 24.2 Å². The van der Waals surface area contributed by atoms with Gasteiger partial charge in [-0.2, -0.15) is 0 Å². The van der Waals surface area contributed by atoms with E-state index in [0.717, 1.165) is 0 Å². The highest BCUT2D eigenvalue weighted by molar-refractivity contribution is 6.25. The van der Waals surface area contributed by atoms with E-state index in [9.17, 15) is 29.7 Å². The van der Waals surface area contributed by atoms with E-state index in [4.69, 9.17) is 19.9 Å². The van der Waals surface area contributed by atoms with Gasteiger partial charge in [0.25, 0.3) is 0 Å². The Labute approximate surface area is 243 Å². The van der Waals surface area contributed by atoms with Gasteiger partial charge in [-0.25, -0.2) is 0 Å². The summed E-state index contributed by atoms with van der Waals surface area (Å²) in [5, 5.41) is 37.7. The van der Waals surface area contributed by atoms with Gasteiger partial charge in [0.05, 0.1) is 38.4 Å². The summed E-state index contributed by atoms with van der Waals surface area (Å²) in [5.41, 5.74) is 7.30. The number of piperazine rings is 1. The number of hydrogen-bond donors (Lipinski definition) is 5. The molecule has 0 saturated carbocycles. The van der Waals surface area contributed by atoms with E-state index in [1.807, 2.05) is 4.90 Å². The number of ether oxygens (including phenoxy) is 3. The van der Waals surface area contributed by atoms with E-state index in [-0.39, 0.29) is 58.5 Å². The van der Waals surface area contributed by atoms with Crippen molar-refractivity contribution in [2.45, 2.75) is 69.7 Å². The number of Topliss-reactive ketones (excluding diaryl/α,β-unsaturated/α-hetero) is 2. The molecule has 7 unspecified atom stereocenters. The number of carbonyl (C=O) groups is 3. The molecule has 1 saturated heterocycles. The maximum atomic E-state index is 13.8. The van der Waals surface area contributed by atoms with Crippen molar-refractivity contribution >= 4 is 17.5 Å². The van der Waals surface area contributed by atoms with Gasteiger partial charge in [0.15, 0.2) is 23.0 Å². The minimum atomic E-state index is -1.29. The molecule has 1 aliphatic carbocycles. The van der Waals surface area contributed by atoms with Crippen LogP contribution in [0.1, 0.15) is 49.1 Å². The molecule has 1 amide bonds. The van der Waals surface area contributed by atoms with Gasteiger partial charge in [-0.1, -0.05) is 0 Å². The Bertz CT molecular complexity index is 1430. The van der Waals surface area contributed by atoms with Gasteiger partial charge in [0.1, 0.15) is 18.1 Å². The van der Waals surface area contributed by atoms with Crippen molar-refractivity contribution in [2.75, 3.05) is 34.9 Å². The largest absolute Gasteiger partial charge is 0.507 e. The second kappa shape index (κ2) is 10.7. The zero-order valence-electron chi connectivity index (χ0n) is 24.7. The van der Waals surface area contributed by atoms with E-state index < -0.39 is 54.2 Å². The smallest absolute Gasteiger partial charge is 0.236 e. The first-order valence-corrected chi connectivity index (χ1v) is 13.8. The van der Waals surface area contributed by atoms with Crippen molar-refractivity contribution in [3.63, 3.8) is 0 Å². The minimum absolute atomic E-state index is 0.0399. The van der Waals surface area contributed by atoms with E-state index in [1.165, 1.54) is 35.2 Å². The molecule has 1 aromatic carbocycles. The number of aliphatic hydroxyl groups is 1. The lowest BCUT2D eigenvalue weighted by Crippen LogP contribution is -2.72. The number of allylic oxidation sites excluding steroid dienone is 2. The van der Waals surface area contributed by atoms with Crippen LogP contribution in [0, 0.1) is 6.92 Å². The molecule has 7 atom stereocenters. The lowest BCUT2D eigenvalue weighted by Gasteiger charge is -2.61. The van der Waals surface area contributed by atoms with Crippen LogP contribution in [-0.2, 0) is 23.9 Å². The third-order valence-corrected chi connectivity index (χ3v) is 9.25. The van der Waals surface area contributed by atoms with Gasteiger partial charge >= 0.3 is 0 Å². The Kier molecular flexibility index (Phi) is 7.60. The van der Waals surface area contributed by atoms with Crippen LogP contribution in [0.2, 0.25) is 0 Å². The normalized spacial score (nSPS) is 30.0. The number of methoxy groups -OCH3 is 3. The Morgan fingerprint density at radius 2 is 1.76 bits per heavy atom. The first-order chi connectivity index (χ1) is 19.8. The second-order valence-corrected chi connectivity index (χ2v) is 11.3. The molecule has 6 N–H and O–H groups in total. The molecule has 228 valence electrons. The number of ketones is 2. The molecule has 3 aliphatic heterocycles. The maximum absolute atomic E-state index is 13.8. The average molecular weight is 587 g/mol. The lowest BCUT2D eigenvalue weighted by molar-refractivity contribution is -0.198. The van der Waals surface area contributed by atoms with Crippen LogP contribution in [0.5, 0.6) is 17.2 Å². The number of carbonyl (C=O) groups excluding carboxylic acids is 3. The molecule has 2 bridgehead atoms. The Morgan fingerprint density at radius 1 is 1.10 bits per heavy atom. The minimum Gasteiger partial charge on any atom is -0.507 e. The molecular weight excluding hydrogens is 548 g/mol. The number of phenolic OH excluding ortho intramolecular Hbond substituents is 2. The summed E-state index contributed by atoms with van der Waals surface area (Å²) in [5.74, 6) is -1.66. The Balaban J connectivity index is 1.76. The summed E-state index contributed by atoms with van der Waals surface area (Å²) in [4.78, 5) is 43.6. The Hall–Kier alpha value is -3.49. The lowest BCUT2D eigenvalue weighted by atomic mass is 9.70. The maximum Gasteiger partial charge on any atom is 0.236 e. The molecule has 0 spiro atoms. The molecule has 0 aromatic heterocycles. The number of likely N-dealkylation sites (N-methyl/N-ethyl adjacent to an activating group) is 1. The monoisotopic (exact) mass is 586 g/mol. The standard InChI is InChI=1S/C29H38N4O9/c1-10-21(34)13-8-14-19-17-18(22(35)11(2)26(41-6)24(17)37)27(42-7)20(32(19)4)29(39)33(14)15(9-31-28(38)12(3)30)16(13)23(36)25(10)40-5/h12,14-15,19-20,27,29,35,37,39H,8-9,30H2,1-7H3,(H,31,38). The molecule has 1 aromatic rings. The summed E-state index contributed by atoms with van der Waals surface area (Å²) in [7, 11) is 5.91. The number of nitrogens with zero attached hydrogens (tertiary/aromatic N) is 2. The number of aromatic hydroxyl groups is 2. The van der Waals surface area contributed by atoms with E-state index in [2.05, 4.69) is 5.32 Å². The fourth-order valence-corrected chi connectivity index (χ4v) is 7.34. The first kappa shape index (κ1) is 30.0. The number of hydrogen-bond acceptors (Lipinski definition) is 12. The topological polar surface area (TPSA) is 184 Å². The van der Waals surface area contributed by atoms with E-state index in [1.54, 1.807) is 18.9 Å². The van der Waals surface area contributed by atoms with E-state index >= 15 is 0 Å². The van der Waals surface area contributed by atoms with Crippen LogP contribution in [0.25, 0.3) is 0 Å². The summed E-state index contributed by atoms with van der Waals surface area (Å²) in [6.45, 7) is 4.52. The van der Waals surface area contributed by atoms with Gasteiger partial charge < -0.3 is 40.6 Å². The van der Waals surface area contributed by atoms with Gasteiger partial charge in [-0.15, -0.1) is 0 Å². The fourth-order valence-electron chi connectivity index (χ4n) is 7.34. The zero-order valence-corrected chi connectivity index (χ0v) is 24.7. The number of amides is 1. The van der Waals surface area contributed by atoms with Crippen LogP contribution in [-0.4, -0.2) is 108 Å². The summed E-state index contributed by atoms with van der Waals surface area (Å²) in [6.07, 6.45) is -2.15. The molecule has 3 heterocycles. The number of benzene rings is 1. The molecule has 0 radical (unpaired) electrons. The van der Waals surface area contributed by atoms with E-state index in [0.29, 0.717) is 16.7 Å². The molecule has 13 nitrogen and oxygen atoms in total. The number of phenols is 2. The van der Waals surface area contributed by atoms with Crippen LogP contribution in [0.15, 0.2) is 22.5 Å². The number of nitrogens with one attached hydrogen (secondary N) is 1. The van der Waals surface area contributed by atoms with Crippen molar-refractivity contribution in [2.24, 2.45) is 5.73 Å². The average Bonchev–Trinajstić information content (AvgIpc) is 2.95. The molecule has 42 heavy (non-hydrogen) atoms. The van der Waals surface area contributed by atoms with Crippen molar-refractivity contribution in [3.8, 4) is 17.2 Å². The quantitative estimate of drug-likeness (QED) is 0.224. The molecular formula is C29H38N4O9. The van der Waals surface area contributed by atoms with Crippen LogP contribution >= 0.6 is 0 Å². The molecule has 5 rings (SSSR count). The second-order valence-electron chi connectivity index (χ2n) is 11.3. The number of rotatable bonds is 6. The predicted molar refractivity (Wildman–Crippen MR) is 149 cm³/mol. The third kappa shape index (κ3) is 3.98. The summed E-state index contributed by atoms with van der Waals surface area (Å²) < 4.78 is 16.7. The molecule has 1 fully saturated rings. The van der Waals surface area contributed by atoms with Gasteiger partial charge in [0, 0.05) is 53.1 Å². The summed E-state index contributed by atoms with van der Waals surface area (Å²) >= 11 is 0. The van der Waals surface area contributed by atoms with Crippen molar-refractivity contribution in [3.05, 3.63) is 39.2 Å². The predicted octanol–water partition coefficient (Wildman–Crippen LogP) is 0.0645. The van der Waals surface area contributed by atoms with Crippen molar-refractivity contribution in [1.82, 2.24) is 15.1 Å². The zero-order chi connectivity index (χ0) is 30.9. The van der Waals surface area contributed by atoms with Gasteiger partial charge in [-0.05, 0) is 34.2 Å². The highest BCUT2D eigenvalue weighted by atomic mass is 16.5. The van der Waals surface area contributed by atoms with Crippen LogP contribution < -0.4 is 15.8 Å². The number of nitrogens with two attached hydrogens (primary N) is 1. The highest BCUT2D eigenvalue weighted by Crippen LogP contribution is 2.59. The highest BCUT2D eigenvalue weighted by Gasteiger charge is 2.60. The fraction of sp³-hybridized carbons (Fsp3) is 0.552. The molecule has 4 aliphatic rings. The van der Waals surface area contributed by atoms with Gasteiger partial charge in [0.2, 0.25) is 11.7 Å². The first-order valence-electron chi connectivity index (χ1n) is 13.8. The third-order valence-electron chi connectivity index (χ3n) is 9.25. The SMILES string of the molecule is COC1=C(C)C(=O)C2=C(C1=O)C(CNC(=O)C(C)N)N1C(O)C3C(OC)c4c(O)c(C)c(OC)c(O)c4C(C1C2)N3C. The number of fused-ring (bicyclic) bond motifs is 6. The van der Waals surface area contributed by atoms with Crippen LogP contribution in [0.4, 0.5) is 0 Å². The number of aliphatic hydroxyl groups excluding tert-OH is 1. The van der Waals surface area contributed by atoms with Crippen LogP contribution in [0.3, 0.4) is 0 Å². The Morgan fingerprint density at radius 3 is 2.33 bits per heavy atom. The summed E-state index contributed by atoms with van der Waals surface area (Å²) in [6, 6.07) is -3.93. The van der Waals surface area contributed by atoms with Crippen molar-refractivity contribution < 1.29 is 43.9 Å². The molecule has 13 heteroatoms.